The molecule has 0 spiro atoms. The van der Waals surface area contributed by atoms with Crippen molar-refractivity contribution >= 4 is 15.9 Å². The van der Waals surface area contributed by atoms with Gasteiger partial charge in [0.25, 0.3) is 0 Å². The molecule has 1 aromatic carbocycles. The van der Waals surface area contributed by atoms with E-state index in [1.165, 1.54) is 0 Å². The number of rotatable bonds is 5. The van der Waals surface area contributed by atoms with Gasteiger partial charge >= 0.3 is 0 Å². The van der Waals surface area contributed by atoms with Crippen LogP contribution in [0.4, 0.5) is 0 Å². The number of fused-ring (bicyclic) bond motifs is 1. The molecular formula is C13H17NO3S. The summed E-state index contributed by atoms with van der Waals surface area (Å²) >= 11 is 0. The highest BCUT2D eigenvalue weighted by molar-refractivity contribution is 7.95. The molecule has 1 aliphatic rings. The summed E-state index contributed by atoms with van der Waals surface area (Å²) in [6, 6.07) is 5.06. The van der Waals surface area contributed by atoms with E-state index in [1.54, 1.807) is 31.4 Å². The summed E-state index contributed by atoms with van der Waals surface area (Å²) in [6.45, 7) is 0.812. The highest BCUT2D eigenvalue weighted by atomic mass is 32.2. The molecule has 2 rings (SSSR count). The average molecular weight is 267 g/mol. The molecular weight excluding hydrogens is 250 g/mol. The van der Waals surface area contributed by atoms with Gasteiger partial charge in [-0.15, -0.1) is 0 Å². The lowest BCUT2D eigenvalue weighted by molar-refractivity contribution is 0.414. The minimum Gasteiger partial charge on any atom is -0.497 e. The molecule has 1 N–H and O–H groups in total. The Balaban J connectivity index is 2.30. The van der Waals surface area contributed by atoms with E-state index in [-0.39, 0.29) is 0 Å². The van der Waals surface area contributed by atoms with E-state index in [1.807, 2.05) is 7.05 Å². The average Bonchev–Trinajstić information content (AvgIpc) is 2.61. The van der Waals surface area contributed by atoms with Crippen LogP contribution in [0.25, 0.3) is 6.08 Å². The highest BCUT2D eigenvalue weighted by Crippen LogP contribution is 2.36. The summed E-state index contributed by atoms with van der Waals surface area (Å²) in [5, 5.41) is 3.02. The molecule has 0 amide bonds. The Labute approximate surface area is 108 Å². The van der Waals surface area contributed by atoms with Gasteiger partial charge < -0.3 is 10.1 Å². The van der Waals surface area contributed by atoms with Crippen LogP contribution in [0.15, 0.2) is 28.0 Å². The van der Waals surface area contributed by atoms with Gasteiger partial charge in [0, 0.05) is 4.91 Å². The standard InChI is InChI=1S/C13H17NO3S/c1-14-7-3-4-12-9-10-8-11(17-2)5-6-13(10)18(12,15)16/h5-6,8-9,14H,3-4,7H2,1-2H3. The number of allylic oxidation sites excluding steroid dienone is 1. The maximum Gasteiger partial charge on any atom is 0.203 e. The predicted octanol–water partition coefficient (Wildman–Crippen LogP) is 1.82. The first-order valence-electron chi connectivity index (χ1n) is 5.88. The van der Waals surface area contributed by atoms with Crippen LogP contribution in [-0.2, 0) is 9.84 Å². The molecule has 18 heavy (non-hydrogen) atoms. The van der Waals surface area contributed by atoms with E-state index in [0.717, 1.165) is 18.5 Å². The monoisotopic (exact) mass is 267 g/mol. The number of ether oxygens (including phenoxy) is 1. The van der Waals surface area contributed by atoms with E-state index < -0.39 is 9.84 Å². The van der Waals surface area contributed by atoms with Crippen LogP contribution < -0.4 is 10.1 Å². The lowest BCUT2D eigenvalue weighted by Crippen LogP contribution is -2.09. The topological polar surface area (TPSA) is 55.4 Å². The third-order valence-corrected chi connectivity index (χ3v) is 4.98. The second kappa shape index (κ2) is 5.12. The summed E-state index contributed by atoms with van der Waals surface area (Å²) in [5.41, 5.74) is 0.730. The first-order chi connectivity index (χ1) is 8.59. The van der Waals surface area contributed by atoms with Gasteiger partial charge in [-0.25, -0.2) is 8.42 Å². The van der Waals surface area contributed by atoms with E-state index in [2.05, 4.69) is 5.32 Å². The van der Waals surface area contributed by atoms with Crippen LogP contribution in [0.5, 0.6) is 5.75 Å². The molecule has 0 unspecified atom stereocenters. The smallest absolute Gasteiger partial charge is 0.203 e. The van der Waals surface area contributed by atoms with Crippen molar-refractivity contribution in [2.45, 2.75) is 17.7 Å². The Morgan fingerprint density at radius 1 is 1.33 bits per heavy atom. The van der Waals surface area contributed by atoms with Crippen molar-refractivity contribution in [3.8, 4) is 5.75 Å². The molecule has 0 atom stereocenters. The molecule has 0 aromatic heterocycles. The molecule has 5 heteroatoms. The number of hydrogen-bond acceptors (Lipinski definition) is 4. The van der Waals surface area contributed by atoms with Crippen molar-refractivity contribution in [1.29, 1.82) is 0 Å². The van der Waals surface area contributed by atoms with Crippen LogP contribution in [0.3, 0.4) is 0 Å². The molecule has 0 saturated heterocycles. The molecule has 0 bridgehead atoms. The van der Waals surface area contributed by atoms with Crippen LogP contribution in [-0.4, -0.2) is 29.1 Å². The van der Waals surface area contributed by atoms with Crippen molar-refractivity contribution in [2.75, 3.05) is 20.7 Å². The van der Waals surface area contributed by atoms with Gasteiger partial charge in [-0.05, 0) is 56.3 Å². The Kier molecular flexibility index (Phi) is 3.73. The minimum absolute atomic E-state index is 0.391. The number of hydrogen-bond donors (Lipinski definition) is 1. The molecule has 0 saturated carbocycles. The van der Waals surface area contributed by atoms with Crippen molar-refractivity contribution in [1.82, 2.24) is 5.32 Å². The first-order valence-corrected chi connectivity index (χ1v) is 7.36. The van der Waals surface area contributed by atoms with Gasteiger partial charge in [0.1, 0.15) is 5.75 Å². The van der Waals surface area contributed by atoms with E-state index in [9.17, 15) is 8.42 Å². The van der Waals surface area contributed by atoms with Gasteiger partial charge in [0.2, 0.25) is 9.84 Å². The molecule has 98 valence electrons. The lowest BCUT2D eigenvalue weighted by atomic mass is 10.2. The molecule has 0 radical (unpaired) electrons. The van der Waals surface area contributed by atoms with Crippen LogP contribution >= 0.6 is 0 Å². The van der Waals surface area contributed by atoms with Crippen molar-refractivity contribution in [2.24, 2.45) is 0 Å². The maximum atomic E-state index is 12.2. The summed E-state index contributed by atoms with van der Waals surface area (Å²) in [6.07, 6.45) is 3.13. The fourth-order valence-electron chi connectivity index (χ4n) is 2.05. The minimum atomic E-state index is -3.27. The summed E-state index contributed by atoms with van der Waals surface area (Å²) in [7, 11) is 0.156. The largest absolute Gasteiger partial charge is 0.497 e. The zero-order valence-electron chi connectivity index (χ0n) is 10.6. The Morgan fingerprint density at radius 3 is 2.78 bits per heavy atom. The van der Waals surface area contributed by atoms with Crippen LogP contribution in [0, 0.1) is 0 Å². The summed E-state index contributed by atoms with van der Waals surface area (Å²) in [5.74, 6) is 0.677. The molecule has 1 aliphatic heterocycles. The molecule has 0 aliphatic carbocycles. The van der Waals surface area contributed by atoms with Gasteiger partial charge in [-0.3, -0.25) is 0 Å². The molecule has 1 heterocycles. The lowest BCUT2D eigenvalue weighted by Gasteiger charge is -2.04. The maximum absolute atomic E-state index is 12.2. The third kappa shape index (κ3) is 2.28. The number of methoxy groups -OCH3 is 1. The molecule has 4 nitrogen and oxygen atoms in total. The highest BCUT2D eigenvalue weighted by Gasteiger charge is 2.29. The second-order valence-electron chi connectivity index (χ2n) is 4.22. The summed E-state index contributed by atoms with van der Waals surface area (Å²) in [4.78, 5) is 0.892. The predicted molar refractivity (Wildman–Crippen MR) is 71.3 cm³/mol. The number of nitrogens with one attached hydrogen (secondary N) is 1. The quantitative estimate of drug-likeness (QED) is 0.827. The zero-order valence-corrected chi connectivity index (χ0v) is 11.4. The fourth-order valence-corrected chi connectivity index (χ4v) is 3.70. The fraction of sp³-hybridized carbons (Fsp3) is 0.385. The summed E-state index contributed by atoms with van der Waals surface area (Å²) < 4.78 is 29.6. The molecule has 0 fully saturated rings. The molecule has 1 aromatic rings. The number of sulfone groups is 1. The Bertz CT molecular complexity index is 576. The van der Waals surface area contributed by atoms with Gasteiger partial charge in [-0.2, -0.15) is 0 Å². The SMILES string of the molecule is CNCCCC1=Cc2cc(OC)ccc2S1(=O)=O. The van der Waals surface area contributed by atoms with E-state index in [4.69, 9.17) is 4.74 Å². The van der Waals surface area contributed by atoms with Crippen molar-refractivity contribution in [3.63, 3.8) is 0 Å². The zero-order chi connectivity index (χ0) is 13.2. The first kappa shape index (κ1) is 13.1. The van der Waals surface area contributed by atoms with Crippen LogP contribution in [0.2, 0.25) is 0 Å². The van der Waals surface area contributed by atoms with Gasteiger partial charge in [0.05, 0.1) is 12.0 Å². The Hall–Kier alpha value is -1.33. The van der Waals surface area contributed by atoms with E-state index >= 15 is 0 Å². The van der Waals surface area contributed by atoms with Crippen molar-refractivity contribution in [3.05, 3.63) is 28.7 Å². The normalized spacial score (nSPS) is 16.2. The van der Waals surface area contributed by atoms with E-state index in [0.29, 0.717) is 22.0 Å². The van der Waals surface area contributed by atoms with Gasteiger partial charge in [0.15, 0.2) is 0 Å². The van der Waals surface area contributed by atoms with Crippen molar-refractivity contribution < 1.29 is 13.2 Å². The van der Waals surface area contributed by atoms with Crippen LogP contribution in [0.1, 0.15) is 18.4 Å². The third-order valence-electron chi connectivity index (χ3n) is 3.02. The number of benzene rings is 1. The Morgan fingerprint density at radius 2 is 2.11 bits per heavy atom. The second-order valence-corrected chi connectivity index (χ2v) is 6.20. The van der Waals surface area contributed by atoms with Gasteiger partial charge in [-0.1, -0.05) is 0 Å².